The van der Waals surface area contributed by atoms with Crippen LogP contribution in [0.3, 0.4) is 0 Å². The number of nitrogens with zero attached hydrogens (tertiary/aromatic N) is 2. The van der Waals surface area contributed by atoms with Crippen LogP contribution in [0.2, 0.25) is 6.04 Å². The van der Waals surface area contributed by atoms with E-state index in [-0.39, 0.29) is 4.90 Å². The SMILES string of the molecule is CC[N+](CC)=c1ccc2c(-c3ccccc3S(=O)(=O)[O-])c3ccc(N(CCC[Si](OC)(OC)OC)c4ccccc4)cc3oc-2c1. The zero-order valence-electron chi connectivity index (χ0n) is 26.9. The molecule has 1 aliphatic carbocycles. The van der Waals surface area contributed by atoms with Gasteiger partial charge in [-0.15, -0.1) is 0 Å². The highest BCUT2D eigenvalue weighted by atomic mass is 32.2. The highest BCUT2D eigenvalue weighted by Crippen LogP contribution is 2.43. The van der Waals surface area contributed by atoms with Gasteiger partial charge in [-0.05, 0) is 56.7 Å². The Balaban J connectivity index is 1.74. The summed E-state index contributed by atoms with van der Waals surface area (Å²) in [5.41, 5.74) is 4.13. The quantitative estimate of drug-likeness (QED) is 0.0625. The van der Waals surface area contributed by atoms with Crippen LogP contribution < -0.4 is 14.8 Å². The van der Waals surface area contributed by atoms with Gasteiger partial charge in [0.05, 0.1) is 11.0 Å². The molecule has 0 N–H and O–H groups in total. The zero-order chi connectivity index (χ0) is 32.9. The maximum atomic E-state index is 12.4. The van der Waals surface area contributed by atoms with Crippen molar-refractivity contribution in [2.45, 2.75) is 31.2 Å². The normalized spacial score (nSPS) is 12.1. The van der Waals surface area contributed by atoms with E-state index in [9.17, 15) is 13.0 Å². The van der Waals surface area contributed by atoms with Crippen LogP contribution in [0.5, 0.6) is 0 Å². The molecule has 3 aromatic carbocycles. The Labute approximate surface area is 271 Å². The lowest BCUT2D eigenvalue weighted by molar-refractivity contribution is 0.123. The lowest BCUT2D eigenvalue weighted by atomic mass is 9.93. The Bertz CT molecular complexity index is 1940. The number of rotatable bonds is 13. The first-order valence-corrected chi connectivity index (χ1v) is 18.6. The topological polar surface area (TPSA) is 104 Å². The molecule has 0 atom stereocenters. The minimum Gasteiger partial charge on any atom is -0.744 e. The van der Waals surface area contributed by atoms with Crippen molar-refractivity contribution in [3.63, 3.8) is 0 Å². The standard InChI is InChI=1S/C35H40N2O7SSi/c1-6-36(7-2)27-18-20-29-32(24-27)44-33-25-28(19-21-30(33)35(29)31-16-11-12-17-34(31)45(38,39)40)37(26-14-9-8-10-15-26)22-13-23-46(41-3,42-4)43-5/h8-12,14-21,24-25H,6-7,13,22-23H2,1-5H3. The maximum absolute atomic E-state index is 12.4. The van der Waals surface area contributed by atoms with Crippen molar-refractivity contribution in [2.24, 2.45) is 0 Å². The van der Waals surface area contributed by atoms with Gasteiger partial charge in [-0.25, -0.2) is 13.0 Å². The molecule has 0 aromatic heterocycles. The van der Waals surface area contributed by atoms with Crippen molar-refractivity contribution in [3.8, 4) is 22.5 Å². The summed E-state index contributed by atoms with van der Waals surface area (Å²) in [5, 5.41) is 1.68. The van der Waals surface area contributed by atoms with E-state index in [0.717, 1.165) is 36.2 Å². The fraction of sp³-hybridized carbons (Fsp3) is 0.286. The van der Waals surface area contributed by atoms with Crippen molar-refractivity contribution in [1.29, 1.82) is 0 Å². The Morgan fingerprint density at radius 1 is 0.804 bits per heavy atom. The number of para-hydroxylation sites is 1. The van der Waals surface area contributed by atoms with Crippen LogP contribution in [0.25, 0.3) is 33.4 Å². The minimum atomic E-state index is -4.76. The second-order valence-corrected chi connectivity index (χ2v) is 15.3. The molecule has 0 spiro atoms. The first kappa shape index (κ1) is 33.5. The van der Waals surface area contributed by atoms with Crippen molar-refractivity contribution in [1.82, 2.24) is 4.58 Å². The van der Waals surface area contributed by atoms with Crippen LogP contribution in [-0.4, -0.2) is 62.7 Å². The molecule has 0 bridgehead atoms. The number of anilines is 2. The first-order chi connectivity index (χ1) is 22.2. The molecule has 2 aliphatic rings. The Morgan fingerprint density at radius 2 is 1.48 bits per heavy atom. The Morgan fingerprint density at radius 3 is 2.13 bits per heavy atom. The fourth-order valence-electron chi connectivity index (χ4n) is 6.03. The summed E-state index contributed by atoms with van der Waals surface area (Å²) in [6.45, 7) is 6.46. The molecule has 0 saturated carbocycles. The summed E-state index contributed by atoms with van der Waals surface area (Å²) < 4.78 is 63.1. The van der Waals surface area contributed by atoms with E-state index in [1.807, 2.05) is 66.7 Å². The average Bonchev–Trinajstić information content (AvgIpc) is 3.08. The first-order valence-electron chi connectivity index (χ1n) is 15.3. The number of hydrogen-bond acceptors (Lipinski definition) is 8. The van der Waals surface area contributed by atoms with E-state index in [1.54, 1.807) is 39.5 Å². The molecule has 1 aliphatic heterocycles. The van der Waals surface area contributed by atoms with Gasteiger partial charge in [0.25, 0.3) is 0 Å². The van der Waals surface area contributed by atoms with Crippen LogP contribution in [-0.2, 0) is 23.4 Å². The molecular weight excluding hydrogens is 621 g/mol. The summed E-state index contributed by atoms with van der Waals surface area (Å²) in [4.78, 5) is 1.93. The van der Waals surface area contributed by atoms with Gasteiger partial charge >= 0.3 is 8.80 Å². The van der Waals surface area contributed by atoms with Gasteiger partial charge in [0.1, 0.15) is 34.6 Å². The molecule has 9 nitrogen and oxygen atoms in total. The predicted molar refractivity (Wildman–Crippen MR) is 182 cm³/mol. The van der Waals surface area contributed by atoms with Crippen LogP contribution in [0.4, 0.5) is 11.4 Å². The largest absolute Gasteiger partial charge is 0.744 e. The monoisotopic (exact) mass is 660 g/mol. The molecule has 3 aromatic rings. The summed E-state index contributed by atoms with van der Waals surface area (Å²) >= 11 is 0. The van der Waals surface area contributed by atoms with Crippen LogP contribution in [0, 0.1) is 0 Å². The molecule has 0 radical (unpaired) electrons. The predicted octanol–water partition coefficient (Wildman–Crippen LogP) is 6.33. The summed E-state index contributed by atoms with van der Waals surface area (Å²) in [5.74, 6) is 0.587. The van der Waals surface area contributed by atoms with Crippen LogP contribution in [0.1, 0.15) is 20.3 Å². The van der Waals surface area contributed by atoms with Crippen LogP contribution >= 0.6 is 0 Å². The zero-order valence-corrected chi connectivity index (χ0v) is 28.7. The second-order valence-electron chi connectivity index (χ2n) is 10.8. The van der Waals surface area contributed by atoms with Gasteiger partial charge in [-0.2, -0.15) is 0 Å². The van der Waals surface area contributed by atoms with Gasteiger partial charge in [0.2, 0.25) is 5.36 Å². The highest BCUT2D eigenvalue weighted by molar-refractivity contribution is 7.85. The van der Waals surface area contributed by atoms with Crippen molar-refractivity contribution < 1.29 is 30.7 Å². The van der Waals surface area contributed by atoms with Gasteiger partial charge in [0.15, 0.2) is 0 Å². The van der Waals surface area contributed by atoms with E-state index in [4.69, 9.17) is 17.7 Å². The Hall–Kier alpha value is -3.84. The summed E-state index contributed by atoms with van der Waals surface area (Å²) in [6.07, 6.45) is 0.733. The number of benzene rings is 4. The lowest BCUT2D eigenvalue weighted by Gasteiger charge is -2.28. The summed E-state index contributed by atoms with van der Waals surface area (Å²) in [7, 11) is -2.69. The highest BCUT2D eigenvalue weighted by Gasteiger charge is 2.37. The van der Waals surface area contributed by atoms with E-state index in [1.165, 1.54) is 6.07 Å². The van der Waals surface area contributed by atoms with Crippen LogP contribution in [0.15, 0.2) is 100 Å². The van der Waals surface area contributed by atoms with Gasteiger partial charge in [-0.3, -0.25) is 0 Å². The summed E-state index contributed by atoms with van der Waals surface area (Å²) in [6, 6.07) is 28.8. The van der Waals surface area contributed by atoms with Gasteiger partial charge in [-0.1, -0.05) is 36.4 Å². The van der Waals surface area contributed by atoms with Gasteiger partial charge in [0, 0.05) is 79.5 Å². The molecule has 46 heavy (non-hydrogen) atoms. The third-order valence-corrected chi connectivity index (χ3v) is 12.1. The van der Waals surface area contributed by atoms with Crippen molar-refractivity contribution in [2.75, 3.05) is 45.9 Å². The molecular formula is C35H40N2O7SSi. The number of hydrogen-bond donors (Lipinski definition) is 0. The van der Waals surface area contributed by atoms with E-state index in [0.29, 0.717) is 46.0 Å². The number of fused-ring (bicyclic) bond motifs is 2. The lowest BCUT2D eigenvalue weighted by Crippen LogP contribution is -2.43. The van der Waals surface area contributed by atoms with Crippen molar-refractivity contribution in [3.05, 3.63) is 96.4 Å². The minimum absolute atomic E-state index is 0.270. The maximum Gasteiger partial charge on any atom is 0.500 e. The van der Waals surface area contributed by atoms with E-state index >= 15 is 0 Å². The molecule has 0 fully saturated rings. The molecule has 11 heteroatoms. The Kier molecular flexibility index (Phi) is 10.4. The van der Waals surface area contributed by atoms with Crippen molar-refractivity contribution >= 4 is 41.3 Å². The molecule has 0 saturated heterocycles. The second kappa shape index (κ2) is 14.3. The molecule has 1 heterocycles. The molecule has 242 valence electrons. The molecule has 0 unspecified atom stereocenters. The average molecular weight is 661 g/mol. The van der Waals surface area contributed by atoms with E-state index < -0.39 is 18.9 Å². The fourth-order valence-corrected chi connectivity index (χ4v) is 8.42. The van der Waals surface area contributed by atoms with E-state index in [2.05, 4.69) is 23.3 Å². The van der Waals surface area contributed by atoms with Gasteiger partial charge < -0.3 is 27.1 Å². The molecule has 0 amide bonds. The molecule has 5 rings (SSSR count). The third-order valence-electron chi connectivity index (χ3n) is 8.42. The third kappa shape index (κ3) is 6.80. The smallest absolute Gasteiger partial charge is 0.500 e.